The van der Waals surface area contributed by atoms with Crippen LogP contribution in [0.3, 0.4) is 0 Å². The lowest BCUT2D eigenvalue weighted by molar-refractivity contribution is -0.166. The van der Waals surface area contributed by atoms with E-state index in [9.17, 15) is 14.4 Å². The Morgan fingerprint density at radius 1 is 0.313 bits per heavy atom. The zero-order valence-electron chi connectivity index (χ0n) is 43.9. The molecule has 0 aromatic heterocycles. The number of carbonyl (C=O) groups excluding carboxylic acids is 3. The normalized spacial score (nSPS) is 12.7. The van der Waals surface area contributed by atoms with Crippen LogP contribution in [0, 0.1) is 0 Å². The lowest BCUT2D eigenvalue weighted by atomic mass is 10.0. The molecule has 0 fully saturated rings. The van der Waals surface area contributed by atoms with Crippen LogP contribution < -0.4 is 0 Å². The van der Waals surface area contributed by atoms with Gasteiger partial charge in [-0.3, -0.25) is 14.4 Å². The van der Waals surface area contributed by atoms with Crippen LogP contribution in [0.1, 0.15) is 265 Å². The Labute approximate surface area is 414 Å². The van der Waals surface area contributed by atoms with Gasteiger partial charge in [0.25, 0.3) is 0 Å². The Hall–Kier alpha value is -3.41. The van der Waals surface area contributed by atoms with Crippen molar-refractivity contribution in [3.63, 3.8) is 0 Å². The fourth-order valence-electron chi connectivity index (χ4n) is 7.69. The molecule has 0 aliphatic rings. The molecule has 0 spiro atoms. The predicted octanol–water partition coefficient (Wildman–Crippen LogP) is 18.8. The highest BCUT2D eigenvalue weighted by Crippen LogP contribution is 2.16. The summed E-state index contributed by atoms with van der Waals surface area (Å²) in [6, 6.07) is 0. The summed E-state index contributed by atoms with van der Waals surface area (Å²) in [5.41, 5.74) is 0. The van der Waals surface area contributed by atoms with Gasteiger partial charge in [0.1, 0.15) is 13.2 Å². The molecule has 0 saturated carbocycles. The Kier molecular flexibility index (Phi) is 52.4. The third-order valence-corrected chi connectivity index (χ3v) is 11.9. The molecule has 384 valence electrons. The van der Waals surface area contributed by atoms with E-state index in [2.05, 4.69) is 99.8 Å². The van der Waals surface area contributed by atoms with Crippen LogP contribution in [0.25, 0.3) is 0 Å². The van der Waals surface area contributed by atoms with Crippen molar-refractivity contribution in [1.29, 1.82) is 0 Å². The first-order valence-electron chi connectivity index (χ1n) is 28.1. The van der Waals surface area contributed by atoms with Crippen molar-refractivity contribution in [1.82, 2.24) is 0 Å². The summed E-state index contributed by atoms with van der Waals surface area (Å²) in [4.78, 5) is 38.0. The van der Waals surface area contributed by atoms with E-state index < -0.39 is 12.1 Å². The standard InChI is InChI=1S/C61H104O6/c1-4-7-10-13-16-19-22-24-26-28-30-32-34-36-39-42-45-48-51-54-60(63)66-57-58(56-65-59(62)53-50-47-44-41-38-21-18-15-12-9-6-3)67-61(64)55-52-49-46-43-40-37-35-33-31-29-27-25-23-20-17-14-11-8-5-2/h8,11,15,17-18,20,25,27,31,33,37,40,46,49,58H,4-7,9-10,12-14,16,19,21-24,26,28-30,32,34-36,38-39,41-45,47-48,50-57H2,1-3H3/b11-8-,18-15-,20-17-,27-25-,33-31-,40-37-,49-46-/t58-/m1/s1. The second-order valence-corrected chi connectivity index (χ2v) is 18.5. The van der Waals surface area contributed by atoms with Gasteiger partial charge in [0.15, 0.2) is 6.10 Å². The Morgan fingerprint density at radius 2 is 0.627 bits per heavy atom. The van der Waals surface area contributed by atoms with E-state index in [4.69, 9.17) is 14.2 Å². The van der Waals surface area contributed by atoms with E-state index in [0.717, 1.165) is 89.9 Å². The molecule has 6 nitrogen and oxygen atoms in total. The summed E-state index contributed by atoms with van der Waals surface area (Å²) in [7, 11) is 0. The third kappa shape index (κ3) is 53.4. The van der Waals surface area contributed by atoms with Crippen molar-refractivity contribution in [3.8, 4) is 0 Å². The minimum atomic E-state index is -0.818. The van der Waals surface area contributed by atoms with Gasteiger partial charge >= 0.3 is 17.9 Å². The van der Waals surface area contributed by atoms with Crippen molar-refractivity contribution in [2.24, 2.45) is 0 Å². The van der Waals surface area contributed by atoms with Crippen molar-refractivity contribution >= 4 is 17.9 Å². The summed E-state index contributed by atoms with van der Waals surface area (Å²) in [6.07, 6.45) is 71.6. The molecule has 0 aromatic carbocycles. The average molecular weight is 933 g/mol. The SMILES string of the molecule is CC/C=C\C/C=C\C/C=C\C/C=C\C/C=C\C/C=C\CCC(=O)O[C@H](COC(=O)CCCCCCC/C=C\CCCC)COC(=O)CCCCCCCCCCCCCCCCCCCCC. The van der Waals surface area contributed by atoms with Gasteiger partial charge in [-0.1, -0.05) is 254 Å². The zero-order chi connectivity index (χ0) is 48.6. The number of hydrogen-bond acceptors (Lipinski definition) is 6. The van der Waals surface area contributed by atoms with Gasteiger partial charge in [0, 0.05) is 19.3 Å². The molecule has 67 heavy (non-hydrogen) atoms. The summed E-state index contributed by atoms with van der Waals surface area (Å²) in [6.45, 7) is 6.43. The molecule has 0 aromatic rings. The molecule has 0 rings (SSSR count). The lowest BCUT2D eigenvalue weighted by Crippen LogP contribution is -2.30. The van der Waals surface area contributed by atoms with Crippen LogP contribution in [0.5, 0.6) is 0 Å². The molecule has 6 heteroatoms. The third-order valence-electron chi connectivity index (χ3n) is 11.9. The number of hydrogen-bond donors (Lipinski definition) is 0. The summed E-state index contributed by atoms with van der Waals surface area (Å²) in [5.74, 6) is -0.997. The van der Waals surface area contributed by atoms with Gasteiger partial charge in [-0.05, 0) is 77.0 Å². The molecule has 0 unspecified atom stereocenters. The molecule has 0 amide bonds. The van der Waals surface area contributed by atoms with Gasteiger partial charge in [-0.15, -0.1) is 0 Å². The van der Waals surface area contributed by atoms with Crippen LogP contribution in [0.2, 0.25) is 0 Å². The van der Waals surface area contributed by atoms with Gasteiger partial charge in [-0.2, -0.15) is 0 Å². The van der Waals surface area contributed by atoms with Crippen molar-refractivity contribution in [3.05, 3.63) is 85.1 Å². The van der Waals surface area contributed by atoms with Crippen molar-refractivity contribution in [2.75, 3.05) is 13.2 Å². The first kappa shape index (κ1) is 63.6. The fourth-order valence-corrected chi connectivity index (χ4v) is 7.69. The first-order chi connectivity index (χ1) is 33.0. The second-order valence-electron chi connectivity index (χ2n) is 18.5. The predicted molar refractivity (Wildman–Crippen MR) is 288 cm³/mol. The van der Waals surface area contributed by atoms with Crippen LogP contribution >= 0.6 is 0 Å². The zero-order valence-corrected chi connectivity index (χ0v) is 43.9. The molecule has 0 saturated heterocycles. The molecule has 0 aliphatic heterocycles. The maximum absolute atomic E-state index is 12.8. The Bertz CT molecular complexity index is 1300. The van der Waals surface area contributed by atoms with E-state index >= 15 is 0 Å². The lowest BCUT2D eigenvalue weighted by Gasteiger charge is -2.18. The number of esters is 3. The van der Waals surface area contributed by atoms with Crippen LogP contribution in [0.4, 0.5) is 0 Å². The molecule has 0 aliphatic carbocycles. The van der Waals surface area contributed by atoms with E-state index in [1.165, 1.54) is 128 Å². The number of ether oxygens (including phenoxy) is 3. The highest BCUT2D eigenvalue weighted by atomic mass is 16.6. The monoisotopic (exact) mass is 933 g/mol. The number of carbonyl (C=O) groups is 3. The number of unbranched alkanes of at least 4 members (excludes halogenated alkanes) is 25. The minimum Gasteiger partial charge on any atom is -0.462 e. The average Bonchev–Trinajstić information content (AvgIpc) is 3.33. The quantitative estimate of drug-likeness (QED) is 0.0262. The summed E-state index contributed by atoms with van der Waals surface area (Å²) >= 11 is 0. The maximum atomic E-state index is 12.8. The maximum Gasteiger partial charge on any atom is 0.306 e. The fraction of sp³-hybridized carbons (Fsp3) is 0.721. The van der Waals surface area contributed by atoms with Gasteiger partial charge in [0.05, 0.1) is 0 Å². The van der Waals surface area contributed by atoms with Gasteiger partial charge < -0.3 is 14.2 Å². The molecule has 1 atom stereocenters. The smallest absolute Gasteiger partial charge is 0.306 e. The number of allylic oxidation sites excluding steroid dienone is 14. The first-order valence-corrected chi connectivity index (χ1v) is 28.1. The molecular weight excluding hydrogens is 829 g/mol. The molecule has 0 N–H and O–H groups in total. The summed E-state index contributed by atoms with van der Waals surface area (Å²) < 4.78 is 16.8. The molecule has 0 bridgehead atoms. The minimum absolute atomic E-state index is 0.107. The van der Waals surface area contributed by atoms with Crippen LogP contribution in [-0.2, 0) is 28.6 Å². The topological polar surface area (TPSA) is 78.9 Å². The van der Waals surface area contributed by atoms with Gasteiger partial charge in [-0.25, -0.2) is 0 Å². The Morgan fingerprint density at radius 3 is 1.01 bits per heavy atom. The second kappa shape index (κ2) is 55.2. The molecule has 0 radical (unpaired) electrons. The molecular formula is C61H104O6. The summed E-state index contributed by atoms with van der Waals surface area (Å²) in [5, 5.41) is 0. The Balaban J connectivity index is 4.44. The van der Waals surface area contributed by atoms with Crippen LogP contribution in [0.15, 0.2) is 85.1 Å². The largest absolute Gasteiger partial charge is 0.462 e. The van der Waals surface area contributed by atoms with Crippen LogP contribution in [-0.4, -0.2) is 37.2 Å². The van der Waals surface area contributed by atoms with E-state index in [1.807, 2.05) is 6.08 Å². The highest BCUT2D eigenvalue weighted by molar-refractivity contribution is 5.71. The number of rotatable bonds is 50. The van der Waals surface area contributed by atoms with E-state index in [1.54, 1.807) is 0 Å². The highest BCUT2D eigenvalue weighted by Gasteiger charge is 2.19. The van der Waals surface area contributed by atoms with Crippen molar-refractivity contribution < 1.29 is 28.6 Å². The van der Waals surface area contributed by atoms with Gasteiger partial charge in [0.2, 0.25) is 0 Å². The van der Waals surface area contributed by atoms with E-state index in [-0.39, 0.29) is 31.6 Å². The van der Waals surface area contributed by atoms with E-state index in [0.29, 0.717) is 19.3 Å². The van der Waals surface area contributed by atoms with Crippen molar-refractivity contribution in [2.45, 2.75) is 271 Å². The molecule has 0 heterocycles.